The highest BCUT2D eigenvalue weighted by Crippen LogP contribution is 2.45. The normalized spacial score (nSPS) is 22.4. The fraction of sp³-hybridized carbons (Fsp3) is 0.656. The molecule has 3 aliphatic rings. The minimum Gasteiger partial charge on any atom is -0.451 e. The van der Waals surface area contributed by atoms with Gasteiger partial charge < -0.3 is 19.4 Å². The number of nitrogens with zero attached hydrogens (tertiary/aromatic N) is 5. The summed E-state index contributed by atoms with van der Waals surface area (Å²) in [6, 6.07) is 4.00. The van der Waals surface area contributed by atoms with Crippen LogP contribution >= 0.6 is 0 Å². The van der Waals surface area contributed by atoms with E-state index < -0.39 is 15.7 Å². The Morgan fingerprint density at radius 2 is 1.79 bits per heavy atom. The van der Waals surface area contributed by atoms with Gasteiger partial charge in [0.25, 0.3) is 5.91 Å². The predicted molar refractivity (Wildman–Crippen MR) is 166 cm³/mol. The zero-order chi connectivity index (χ0) is 30.8. The van der Waals surface area contributed by atoms with Crippen LogP contribution in [0, 0.1) is 23.1 Å². The number of likely N-dealkylation sites (tertiary alicyclic amines) is 1. The van der Waals surface area contributed by atoms with E-state index in [-0.39, 0.29) is 28.7 Å². The molecule has 1 aliphatic carbocycles. The van der Waals surface area contributed by atoms with Crippen molar-refractivity contribution >= 4 is 21.6 Å². The molecule has 2 saturated heterocycles. The Balaban J connectivity index is 1.17. The molecule has 2 aliphatic heterocycles. The maximum Gasteiger partial charge on any atom is 0.257 e. The van der Waals surface area contributed by atoms with Crippen LogP contribution in [-0.4, -0.2) is 91.4 Å². The van der Waals surface area contributed by atoms with Crippen LogP contribution in [0.5, 0.6) is 11.5 Å². The fourth-order valence-corrected chi connectivity index (χ4v) is 8.40. The molecule has 3 fully saturated rings. The summed E-state index contributed by atoms with van der Waals surface area (Å²) in [5, 5.41) is 0. The van der Waals surface area contributed by atoms with Gasteiger partial charge in [0.05, 0.1) is 17.5 Å². The molecule has 43 heavy (non-hydrogen) atoms. The molecule has 0 atom stereocenters. The predicted octanol–water partition coefficient (Wildman–Crippen LogP) is 5.03. The number of halogens is 1. The minimum absolute atomic E-state index is 0.0325. The molecular weight excluding hydrogens is 569 g/mol. The number of ether oxygens (including phenoxy) is 1. The molecule has 1 amide bonds. The van der Waals surface area contributed by atoms with Crippen LogP contribution in [0.3, 0.4) is 0 Å². The molecule has 1 aromatic heterocycles. The number of anilines is 1. The van der Waals surface area contributed by atoms with Crippen molar-refractivity contribution in [3.8, 4) is 11.5 Å². The first-order valence-electron chi connectivity index (χ1n) is 15.7. The lowest BCUT2D eigenvalue weighted by Crippen LogP contribution is -2.61. The lowest BCUT2D eigenvalue weighted by atomic mass is 9.71. The third kappa shape index (κ3) is 7.66. The van der Waals surface area contributed by atoms with Gasteiger partial charge in [-0.2, -0.15) is 0 Å². The molecular formula is C32H46FN5O4S. The quantitative estimate of drug-likeness (QED) is 0.367. The summed E-state index contributed by atoms with van der Waals surface area (Å²) in [5.41, 5.74) is 0.434. The molecule has 11 heteroatoms. The van der Waals surface area contributed by atoms with E-state index in [0.717, 1.165) is 71.2 Å². The zero-order valence-corrected chi connectivity index (χ0v) is 26.8. The van der Waals surface area contributed by atoms with Crippen LogP contribution in [-0.2, 0) is 9.84 Å². The number of aromatic nitrogens is 2. The van der Waals surface area contributed by atoms with E-state index in [1.807, 2.05) is 20.8 Å². The Morgan fingerprint density at radius 1 is 1.12 bits per heavy atom. The van der Waals surface area contributed by atoms with Crippen molar-refractivity contribution in [1.82, 2.24) is 19.8 Å². The number of piperidine rings is 1. The van der Waals surface area contributed by atoms with E-state index in [9.17, 15) is 17.6 Å². The molecule has 9 nitrogen and oxygen atoms in total. The topological polar surface area (TPSA) is 95.9 Å². The molecule has 3 heterocycles. The number of rotatable bonds is 10. The minimum atomic E-state index is -2.89. The number of hydrogen-bond donors (Lipinski definition) is 0. The summed E-state index contributed by atoms with van der Waals surface area (Å²) in [7, 11) is -2.89. The number of amides is 1. The lowest BCUT2D eigenvalue weighted by Gasteiger charge is -2.54. The number of carbonyl (C=O) groups is 1. The van der Waals surface area contributed by atoms with Gasteiger partial charge >= 0.3 is 0 Å². The van der Waals surface area contributed by atoms with Gasteiger partial charge in [-0.15, -0.1) is 0 Å². The molecule has 0 N–H and O–H groups in total. The first-order chi connectivity index (χ1) is 20.4. The molecule has 1 aromatic carbocycles. The lowest BCUT2D eigenvalue weighted by molar-refractivity contribution is 0.0609. The van der Waals surface area contributed by atoms with Gasteiger partial charge in [0.1, 0.15) is 27.7 Å². The number of hydrogen-bond acceptors (Lipinski definition) is 8. The Bertz CT molecular complexity index is 1380. The average molecular weight is 616 g/mol. The SMILES string of the molecule is CCN(C(=O)c1cc(F)ccc1Oc1cncnc1N1CC2(CCN(CC3CCC(CS(C)(=O)=O)CC3)CC2)C1)C(C)C. The monoisotopic (exact) mass is 615 g/mol. The Hall–Kier alpha value is -2.79. The molecule has 0 bridgehead atoms. The highest BCUT2D eigenvalue weighted by molar-refractivity contribution is 7.90. The summed E-state index contributed by atoms with van der Waals surface area (Å²) in [4.78, 5) is 28.5. The second kappa shape index (κ2) is 13.1. The molecule has 236 valence electrons. The molecule has 0 radical (unpaired) electrons. The highest BCUT2D eigenvalue weighted by Gasteiger charge is 2.46. The van der Waals surface area contributed by atoms with Gasteiger partial charge in [-0.1, -0.05) is 0 Å². The standard InChI is InChI=1S/C32H46FN5O4S/c1-5-38(23(2)3)31(39)27-16-26(33)10-11-28(27)42-29-17-34-22-35-30(29)37-20-32(21-37)12-14-36(15-13-32)18-24-6-8-25(9-7-24)19-43(4,40)41/h10-11,16-17,22-25H,5-9,12-15,18-21H2,1-4H3. The van der Waals surface area contributed by atoms with Crippen LogP contribution in [0.1, 0.15) is 69.7 Å². The fourth-order valence-electron chi connectivity index (χ4n) is 7.21. The van der Waals surface area contributed by atoms with Gasteiger partial charge in [-0.05, 0) is 102 Å². The summed E-state index contributed by atoms with van der Waals surface area (Å²) < 4.78 is 43.8. The number of benzene rings is 1. The van der Waals surface area contributed by atoms with Gasteiger partial charge in [0, 0.05) is 43.9 Å². The third-order valence-electron chi connectivity index (χ3n) is 9.57. The Labute approximate surface area is 255 Å². The first-order valence-corrected chi connectivity index (χ1v) is 17.7. The molecule has 2 aromatic rings. The van der Waals surface area contributed by atoms with E-state index in [1.165, 1.54) is 30.8 Å². The van der Waals surface area contributed by atoms with Crippen molar-refractivity contribution in [3.63, 3.8) is 0 Å². The molecule has 1 saturated carbocycles. The highest BCUT2D eigenvalue weighted by atomic mass is 32.2. The maximum atomic E-state index is 14.2. The van der Waals surface area contributed by atoms with Gasteiger partial charge in [-0.25, -0.2) is 22.8 Å². The average Bonchev–Trinajstić information content (AvgIpc) is 2.94. The Kier molecular flexibility index (Phi) is 9.61. The summed E-state index contributed by atoms with van der Waals surface area (Å²) in [5.74, 6) is 1.99. The van der Waals surface area contributed by atoms with E-state index in [0.29, 0.717) is 35.7 Å². The number of sulfone groups is 1. The zero-order valence-electron chi connectivity index (χ0n) is 26.0. The van der Waals surface area contributed by atoms with Crippen molar-refractivity contribution < 1.29 is 22.3 Å². The van der Waals surface area contributed by atoms with E-state index in [4.69, 9.17) is 4.74 Å². The van der Waals surface area contributed by atoms with Crippen molar-refractivity contribution in [3.05, 3.63) is 42.1 Å². The largest absolute Gasteiger partial charge is 0.451 e. The van der Waals surface area contributed by atoms with E-state index in [2.05, 4.69) is 19.8 Å². The first kappa shape index (κ1) is 31.6. The van der Waals surface area contributed by atoms with Crippen molar-refractivity contribution in [1.29, 1.82) is 0 Å². The summed E-state index contributed by atoms with van der Waals surface area (Å²) in [6.07, 6.45) is 11.0. The van der Waals surface area contributed by atoms with Crippen molar-refractivity contribution in [2.24, 2.45) is 17.3 Å². The maximum absolute atomic E-state index is 14.2. The second-order valence-corrected chi connectivity index (χ2v) is 15.5. The van der Waals surface area contributed by atoms with Crippen LogP contribution in [0.4, 0.5) is 10.2 Å². The second-order valence-electron chi connectivity index (χ2n) is 13.3. The van der Waals surface area contributed by atoms with Crippen LogP contribution in [0.15, 0.2) is 30.7 Å². The summed E-state index contributed by atoms with van der Waals surface area (Å²) in [6.45, 7) is 11.3. The van der Waals surface area contributed by atoms with Crippen LogP contribution in [0.25, 0.3) is 0 Å². The molecule has 5 rings (SSSR count). The van der Waals surface area contributed by atoms with Crippen molar-refractivity contribution in [2.75, 3.05) is 56.2 Å². The molecule has 1 spiro atoms. The Morgan fingerprint density at radius 3 is 2.42 bits per heavy atom. The van der Waals surface area contributed by atoms with Gasteiger partial charge in [-0.3, -0.25) is 4.79 Å². The molecule has 0 unspecified atom stereocenters. The third-order valence-corrected chi connectivity index (χ3v) is 10.6. The van der Waals surface area contributed by atoms with Crippen molar-refractivity contribution in [2.45, 2.75) is 65.3 Å². The van der Waals surface area contributed by atoms with E-state index in [1.54, 1.807) is 11.1 Å². The van der Waals surface area contributed by atoms with E-state index >= 15 is 0 Å². The van der Waals surface area contributed by atoms with Gasteiger partial charge in [0.15, 0.2) is 11.6 Å². The number of carbonyl (C=O) groups excluding carboxylic acids is 1. The smallest absolute Gasteiger partial charge is 0.257 e. The summed E-state index contributed by atoms with van der Waals surface area (Å²) >= 11 is 0. The van der Waals surface area contributed by atoms with Crippen LogP contribution in [0.2, 0.25) is 0 Å². The van der Waals surface area contributed by atoms with Crippen LogP contribution < -0.4 is 9.64 Å². The van der Waals surface area contributed by atoms with Gasteiger partial charge in [0.2, 0.25) is 0 Å².